The molecule has 1 unspecified atom stereocenters. The summed E-state index contributed by atoms with van der Waals surface area (Å²) in [4.78, 5) is 4.13. The molecule has 0 aromatic carbocycles. The van der Waals surface area contributed by atoms with E-state index in [4.69, 9.17) is 16.3 Å². The fraction of sp³-hybridized carbons (Fsp3) is 0.545. The normalized spacial score (nSPS) is 20.0. The van der Waals surface area contributed by atoms with Crippen molar-refractivity contribution >= 4 is 27.5 Å². The summed E-state index contributed by atoms with van der Waals surface area (Å²) in [5, 5.41) is 3.89. The highest BCUT2D eigenvalue weighted by molar-refractivity contribution is 9.10. The van der Waals surface area contributed by atoms with Crippen LogP contribution in [-0.2, 0) is 0 Å². The highest BCUT2D eigenvalue weighted by atomic mass is 79.9. The molecule has 0 aliphatic carbocycles. The Morgan fingerprint density at radius 3 is 3.19 bits per heavy atom. The van der Waals surface area contributed by atoms with Crippen LogP contribution in [0, 0.1) is 5.92 Å². The lowest BCUT2D eigenvalue weighted by molar-refractivity contribution is 0.274. The number of ether oxygens (including phenoxy) is 1. The van der Waals surface area contributed by atoms with Crippen LogP contribution in [-0.4, -0.2) is 24.7 Å². The molecule has 88 valence electrons. The average molecular weight is 306 g/mol. The molecule has 0 saturated carbocycles. The van der Waals surface area contributed by atoms with Crippen LogP contribution in [0.1, 0.15) is 12.8 Å². The molecule has 1 aliphatic rings. The van der Waals surface area contributed by atoms with E-state index in [9.17, 15) is 0 Å². The molecule has 16 heavy (non-hydrogen) atoms. The summed E-state index contributed by atoms with van der Waals surface area (Å²) in [5.41, 5.74) is 0. The Hall–Kier alpha value is -0.320. The molecule has 0 radical (unpaired) electrons. The molecular formula is C11H14BrClN2O. The van der Waals surface area contributed by atoms with Crippen molar-refractivity contribution < 1.29 is 4.74 Å². The van der Waals surface area contributed by atoms with Gasteiger partial charge in [-0.1, -0.05) is 11.6 Å². The Bertz CT molecular complexity index is 356. The van der Waals surface area contributed by atoms with E-state index in [0.29, 0.717) is 17.5 Å². The summed E-state index contributed by atoms with van der Waals surface area (Å²) in [6.07, 6.45) is 3.99. The second kappa shape index (κ2) is 5.84. The molecule has 0 spiro atoms. The number of pyridine rings is 1. The molecule has 2 rings (SSSR count). The zero-order valence-corrected chi connectivity index (χ0v) is 11.2. The third-order valence-corrected chi connectivity index (χ3v) is 3.41. The minimum absolute atomic E-state index is 0.524. The third kappa shape index (κ3) is 3.34. The lowest BCUT2D eigenvalue weighted by Gasteiger charge is -2.10. The molecule has 0 amide bonds. The first-order chi connectivity index (χ1) is 7.75. The first kappa shape index (κ1) is 12.1. The van der Waals surface area contributed by atoms with Gasteiger partial charge in [0.1, 0.15) is 5.02 Å². The molecule has 1 saturated heterocycles. The zero-order chi connectivity index (χ0) is 11.4. The van der Waals surface area contributed by atoms with Gasteiger partial charge in [-0.05, 0) is 53.8 Å². The van der Waals surface area contributed by atoms with Gasteiger partial charge in [-0.2, -0.15) is 0 Å². The molecule has 1 aromatic rings. The molecule has 1 N–H and O–H groups in total. The molecule has 5 heteroatoms. The van der Waals surface area contributed by atoms with E-state index in [1.807, 2.05) is 0 Å². The number of hydrogen-bond donors (Lipinski definition) is 1. The predicted molar refractivity (Wildman–Crippen MR) is 68.0 cm³/mol. The smallest absolute Gasteiger partial charge is 0.232 e. The second-order valence-electron chi connectivity index (χ2n) is 3.94. The molecule has 2 heterocycles. The number of rotatable bonds is 4. The molecule has 1 atom stereocenters. The fourth-order valence-corrected chi connectivity index (χ4v) is 2.48. The summed E-state index contributed by atoms with van der Waals surface area (Å²) in [6, 6.07) is 1.79. The molecule has 1 aliphatic heterocycles. The summed E-state index contributed by atoms with van der Waals surface area (Å²) < 4.78 is 6.43. The van der Waals surface area contributed by atoms with E-state index >= 15 is 0 Å². The van der Waals surface area contributed by atoms with Crippen LogP contribution < -0.4 is 10.1 Å². The average Bonchev–Trinajstić information content (AvgIpc) is 2.74. The maximum atomic E-state index is 6.00. The number of nitrogens with zero attached hydrogens (tertiary/aromatic N) is 1. The minimum Gasteiger partial charge on any atom is -0.477 e. The number of nitrogens with one attached hydrogen (secondary N) is 1. The van der Waals surface area contributed by atoms with Gasteiger partial charge in [0.2, 0.25) is 5.88 Å². The third-order valence-electron chi connectivity index (χ3n) is 2.70. The van der Waals surface area contributed by atoms with E-state index in [2.05, 4.69) is 26.2 Å². The summed E-state index contributed by atoms with van der Waals surface area (Å²) in [7, 11) is 0. The van der Waals surface area contributed by atoms with Crippen molar-refractivity contribution in [1.82, 2.24) is 10.3 Å². The molecule has 0 bridgehead atoms. The highest BCUT2D eigenvalue weighted by Gasteiger charge is 2.14. The molecular weight excluding hydrogens is 291 g/mol. The zero-order valence-electron chi connectivity index (χ0n) is 8.88. The maximum Gasteiger partial charge on any atom is 0.232 e. The topological polar surface area (TPSA) is 34.1 Å². The van der Waals surface area contributed by atoms with Gasteiger partial charge >= 0.3 is 0 Å². The van der Waals surface area contributed by atoms with Crippen molar-refractivity contribution in [3.05, 3.63) is 21.8 Å². The van der Waals surface area contributed by atoms with Crippen LogP contribution in [0.25, 0.3) is 0 Å². The van der Waals surface area contributed by atoms with Crippen LogP contribution in [0.2, 0.25) is 5.02 Å². The highest BCUT2D eigenvalue weighted by Crippen LogP contribution is 2.25. The summed E-state index contributed by atoms with van der Waals surface area (Å²) in [6.45, 7) is 2.91. The van der Waals surface area contributed by atoms with Crippen LogP contribution in [0.3, 0.4) is 0 Å². The Morgan fingerprint density at radius 1 is 1.62 bits per heavy atom. The molecule has 3 nitrogen and oxygen atoms in total. The quantitative estimate of drug-likeness (QED) is 0.929. The Labute approximate surface area is 109 Å². The van der Waals surface area contributed by atoms with Gasteiger partial charge in [-0.15, -0.1) is 0 Å². The van der Waals surface area contributed by atoms with Crippen molar-refractivity contribution in [3.63, 3.8) is 0 Å². The second-order valence-corrected chi connectivity index (χ2v) is 5.26. The number of hydrogen-bond acceptors (Lipinski definition) is 3. The monoisotopic (exact) mass is 304 g/mol. The van der Waals surface area contributed by atoms with E-state index in [-0.39, 0.29) is 0 Å². The van der Waals surface area contributed by atoms with Crippen LogP contribution in [0.4, 0.5) is 0 Å². The van der Waals surface area contributed by atoms with Gasteiger partial charge in [0.25, 0.3) is 0 Å². The van der Waals surface area contributed by atoms with E-state index < -0.39 is 0 Å². The van der Waals surface area contributed by atoms with Crippen molar-refractivity contribution in [2.45, 2.75) is 12.8 Å². The maximum absolute atomic E-state index is 6.00. The van der Waals surface area contributed by atoms with Crippen molar-refractivity contribution in [3.8, 4) is 5.88 Å². The van der Waals surface area contributed by atoms with Crippen molar-refractivity contribution in [2.24, 2.45) is 5.92 Å². The van der Waals surface area contributed by atoms with Crippen LogP contribution in [0.5, 0.6) is 5.88 Å². The summed E-state index contributed by atoms with van der Waals surface area (Å²) >= 11 is 9.30. The Balaban J connectivity index is 1.80. The number of aromatic nitrogens is 1. The van der Waals surface area contributed by atoms with E-state index in [1.54, 1.807) is 12.3 Å². The first-order valence-electron chi connectivity index (χ1n) is 5.40. The minimum atomic E-state index is 0.524. The van der Waals surface area contributed by atoms with Gasteiger partial charge < -0.3 is 10.1 Å². The lowest BCUT2D eigenvalue weighted by Crippen LogP contribution is -2.12. The van der Waals surface area contributed by atoms with Gasteiger partial charge in [0.05, 0.1) is 6.61 Å². The van der Waals surface area contributed by atoms with Crippen molar-refractivity contribution in [2.75, 3.05) is 19.7 Å². The van der Waals surface area contributed by atoms with Gasteiger partial charge in [0.15, 0.2) is 0 Å². The lowest BCUT2D eigenvalue weighted by atomic mass is 10.1. The van der Waals surface area contributed by atoms with Crippen molar-refractivity contribution in [1.29, 1.82) is 0 Å². The summed E-state index contributed by atoms with van der Waals surface area (Å²) in [5.74, 6) is 1.25. The van der Waals surface area contributed by atoms with Gasteiger partial charge in [-0.3, -0.25) is 0 Å². The standard InChI is InChI=1S/C11H14BrClN2O/c12-9-5-10(13)11(15-7-9)16-4-2-8-1-3-14-6-8/h5,7-8,14H,1-4,6H2. The molecule has 1 fully saturated rings. The Kier molecular flexibility index (Phi) is 4.44. The van der Waals surface area contributed by atoms with E-state index in [1.165, 1.54) is 6.42 Å². The fourth-order valence-electron chi connectivity index (χ4n) is 1.79. The van der Waals surface area contributed by atoms with Crippen LogP contribution >= 0.6 is 27.5 Å². The Morgan fingerprint density at radius 2 is 2.50 bits per heavy atom. The van der Waals surface area contributed by atoms with E-state index in [0.717, 1.165) is 29.9 Å². The largest absolute Gasteiger partial charge is 0.477 e. The predicted octanol–water partition coefficient (Wildman–Crippen LogP) is 2.88. The van der Waals surface area contributed by atoms with Gasteiger partial charge in [-0.25, -0.2) is 4.98 Å². The van der Waals surface area contributed by atoms with Gasteiger partial charge in [0, 0.05) is 10.7 Å². The molecule has 1 aromatic heterocycles. The first-order valence-corrected chi connectivity index (χ1v) is 6.57. The number of halogens is 2. The van der Waals surface area contributed by atoms with Crippen LogP contribution in [0.15, 0.2) is 16.7 Å². The SMILES string of the molecule is Clc1cc(Br)cnc1OCCC1CCNC1.